The second kappa shape index (κ2) is 6.10. The van der Waals surface area contributed by atoms with Crippen molar-refractivity contribution in [3.05, 3.63) is 36.4 Å². The zero-order valence-electron chi connectivity index (χ0n) is 15.4. The average Bonchev–Trinajstić information content (AvgIpc) is 3.40. The number of aliphatic hydroxyl groups is 1. The number of aromatic nitrogens is 4. The second-order valence-corrected chi connectivity index (χ2v) is 9.66. The van der Waals surface area contributed by atoms with Crippen molar-refractivity contribution >= 4 is 21.1 Å². The minimum absolute atomic E-state index is 0.0832. The Labute approximate surface area is 162 Å². The largest absolute Gasteiger partial charge is 0.382 e. The Kier molecular flexibility index (Phi) is 3.87. The van der Waals surface area contributed by atoms with Crippen LogP contribution in [0.15, 0.2) is 40.1 Å². The first-order valence-corrected chi connectivity index (χ1v) is 10.8. The van der Waals surface area contributed by atoms with Gasteiger partial charge < -0.3 is 9.67 Å². The monoisotopic (exact) mass is 403 g/mol. The summed E-state index contributed by atoms with van der Waals surface area (Å²) >= 11 is 0. The van der Waals surface area contributed by atoms with Crippen molar-refractivity contribution in [1.82, 2.24) is 24.2 Å². The summed E-state index contributed by atoms with van der Waals surface area (Å²) in [7, 11) is -1.94. The molecule has 1 N–H and O–H groups in total. The first-order chi connectivity index (χ1) is 13.4. The summed E-state index contributed by atoms with van der Waals surface area (Å²) in [6.07, 6.45) is 5.77. The second-order valence-electron chi connectivity index (χ2n) is 7.75. The molecule has 0 spiro atoms. The highest BCUT2D eigenvalue weighted by atomic mass is 32.2. The molecule has 148 valence electrons. The maximum atomic E-state index is 13.4. The lowest BCUT2D eigenvalue weighted by molar-refractivity contribution is -0.0728. The van der Waals surface area contributed by atoms with Crippen LogP contribution < -0.4 is 0 Å². The molecule has 1 saturated carbocycles. The van der Waals surface area contributed by atoms with Gasteiger partial charge >= 0.3 is 0 Å². The van der Waals surface area contributed by atoms with Gasteiger partial charge in [0.25, 0.3) is 0 Å². The van der Waals surface area contributed by atoms with E-state index in [9.17, 15) is 13.5 Å². The van der Waals surface area contributed by atoms with Crippen LogP contribution in [0.25, 0.3) is 11.0 Å². The Morgan fingerprint density at radius 3 is 2.93 bits per heavy atom. The Morgan fingerprint density at radius 1 is 1.29 bits per heavy atom. The van der Waals surface area contributed by atoms with Crippen LogP contribution in [-0.2, 0) is 22.7 Å². The fraction of sp³-hybridized carbons (Fsp3) is 0.500. The van der Waals surface area contributed by atoms with Gasteiger partial charge in [0.15, 0.2) is 5.52 Å². The minimum Gasteiger partial charge on any atom is -0.382 e. The first-order valence-electron chi connectivity index (χ1n) is 9.33. The van der Waals surface area contributed by atoms with Crippen LogP contribution in [0.3, 0.4) is 0 Å². The van der Waals surface area contributed by atoms with Gasteiger partial charge in [0.05, 0.1) is 0 Å². The molecule has 1 saturated heterocycles. The Bertz CT molecular complexity index is 1140. The lowest BCUT2D eigenvalue weighted by Crippen LogP contribution is -2.44. The SMILES string of the molecule is Cn1ccnc1C1(O)CCCC2CN(S(=O)(=O)c3cccc4nonc34)CC21. The van der Waals surface area contributed by atoms with E-state index in [2.05, 4.69) is 15.3 Å². The summed E-state index contributed by atoms with van der Waals surface area (Å²) in [5.74, 6) is 0.482. The highest BCUT2D eigenvalue weighted by Gasteiger charge is 2.53. The molecule has 3 aromatic rings. The molecule has 1 aromatic carbocycles. The summed E-state index contributed by atoms with van der Waals surface area (Å²) < 4.78 is 34.7. The quantitative estimate of drug-likeness (QED) is 0.700. The summed E-state index contributed by atoms with van der Waals surface area (Å²) in [4.78, 5) is 4.45. The van der Waals surface area contributed by atoms with Crippen molar-refractivity contribution in [3.8, 4) is 0 Å². The summed E-state index contributed by atoms with van der Waals surface area (Å²) in [6, 6.07) is 4.82. The molecule has 2 aliphatic rings. The Morgan fingerprint density at radius 2 is 2.14 bits per heavy atom. The van der Waals surface area contributed by atoms with E-state index in [0.717, 1.165) is 12.8 Å². The Hall–Kier alpha value is -2.30. The fourth-order valence-corrected chi connectivity index (χ4v) is 6.53. The van der Waals surface area contributed by atoms with Crippen LogP contribution in [-0.4, -0.2) is 50.8 Å². The lowest BCUT2D eigenvalue weighted by Gasteiger charge is -2.40. The van der Waals surface area contributed by atoms with Gasteiger partial charge in [-0.05, 0) is 47.6 Å². The van der Waals surface area contributed by atoms with Crippen molar-refractivity contribution in [3.63, 3.8) is 0 Å². The third-order valence-electron chi connectivity index (χ3n) is 6.23. The molecule has 2 aromatic heterocycles. The molecule has 0 amide bonds. The molecule has 2 fully saturated rings. The number of benzene rings is 1. The predicted molar refractivity (Wildman–Crippen MR) is 98.5 cm³/mol. The molecule has 1 aliphatic heterocycles. The molecule has 3 atom stereocenters. The van der Waals surface area contributed by atoms with Crippen molar-refractivity contribution in [2.45, 2.75) is 29.8 Å². The zero-order chi connectivity index (χ0) is 19.5. The van der Waals surface area contributed by atoms with Crippen LogP contribution in [0.1, 0.15) is 25.1 Å². The van der Waals surface area contributed by atoms with E-state index in [-0.39, 0.29) is 28.8 Å². The molecule has 1 aliphatic carbocycles. The normalized spacial score (nSPS) is 28.6. The van der Waals surface area contributed by atoms with E-state index < -0.39 is 15.6 Å². The number of imidazole rings is 1. The molecule has 5 rings (SSSR count). The summed E-state index contributed by atoms with van der Waals surface area (Å²) in [6.45, 7) is 0.624. The van der Waals surface area contributed by atoms with Crippen molar-refractivity contribution < 1.29 is 18.2 Å². The Balaban J connectivity index is 1.52. The zero-order valence-corrected chi connectivity index (χ0v) is 16.2. The maximum Gasteiger partial charge on any atom is 0.245 e. The smallest absolute Gasteiger partial charge is 0.245 e. The minimum atomic E-state index is -3.79. The van der Waals surface area contributed by atoms with Crippen LogP contribution in [0, 0.1) is 11.8 Å². The van der Waals surface area contributed by atoms with Crippen LogP contribution in [0.4, 0.5) is 0 Å². The van der Waals surface area contributed by atoms with Gasteiger partial charge in [-0.1, -0.05) is 6.07 Å². The molecular weight excluding hydrogens is 382 g/mol. The van der Waals surface area contributed by atoms with Gasteiger partial charge in [0.2, 0.25) is 10.0 Å². The molecule has 9 nitrogen and oxygen atoms in total. The molecule has 3 heterocycles. The highest BCUT2D eigenvalue weighted by Crippen LogP contribution is 2.48. The lowest BCUT2D eigenvalue weighted by atomic mass is 9.70. The summed E-state index contributed by atoms with van der Waals surface area (Å²) in [5, 5.41) is 19.0. The first kappa shape index (κ1) is 17.8. The fourth-order valence-electron chi connectivity index (χ4n) is 4.87. The molecule has 3 unspecified atom stereocenters. The van der Waals surface area contributed by atoms with Gasteiger partial charge in [-0.15, -0.1) is 0 Å². The van der Waals surface area contributed by atoms with E-state index in [1.807, 2.05) is 11.6 Å². The number of hydrogen-bond acceptors (Lipinski definition) is 7. The van der Waals surface area contributed by atoms with Gasteiger partial charge in [-0.2, -0.15) is 4.31 Å². The molecular formula is C18H21N5O4S. The third-order valence-corrected chi connectivity index (χ3v) is 8.09. The predicted octanol–water partition coefficient (Wildman–Crippen LogP) is 1.26. The van der Waals surface area contributed by atoms with Gasteiger partial charge in [0.1, 0.15) is 21.8 Å². The number of fused-ring (bicyclic) bond motifs is 2. The molecule has 0 radical (unpaired) electrons. The molecule has 0 bridgehead atoms. The van der Waals surface area contributed by atoms with Gasteiger partial charge in [-0.3, -0.25) is 0 Å². The third kappa shape index (κ3) is 2.44. The van der Waals surface area contributed by atoms with Crippen LogP contribution in [0.5, 0.6) is 0 Å². The van der Waals surface area contributed by atoms with E-state index >= 15 is 0 Å². The standard InChI is InChI=1S/C18H21N5O4S/c1-22-9-8-19-17(22)18(24)7-3-4-12-10-23(11-13(12)18)28(25,26)15-6-2-5-14-16(15)21-27-20-14/h2,5-6,8-9,12-13,24H,3-4,7,10-11H2,1H3. The van der Waals surface area contributed by atoms with E-state index in [1.54, 1.807) is 24.5 Å². The molecule has 10 heteroatoms. The van der Waals surface area contributed by atoms with E-state index in [0.29, 0.717) is 24.3 Å². The van der Waals surface area contributed by atoms with Gasteiger partial charge in [0, 0.05) is 38.4 Å². The topological polar surface area (TPSA) is 114 Å². The van der Waals surface area contributed by atoms with Crippen molar-refractivity contribution in [2.24, 2.45) is 18.9 Å². The number of nitrogens with zero attached hydrogens (tertiary/aromatic N) is 5. The average molecular weight is 403 g/mol. The van der Waals surface area contributed by atoms with Crippen LogP contribution in [0.2, 0.25) is 0 Å². The number of sulfonamides is 1. The molecule has 28 heavy (non-hydrogen) atoms. The van der Waals surface area contributed by atoms with E-state index in [1.165, 1.54) is 10.4 Å². The van der Waals surface area contributed by atoms with Crippen molar-refractivity contribution in [2.75, 3.05) is 13.1 Å². The number of rotatable bonds is 3. The van der Waals surface area contributed by atoms with Gasteiger partial charge in [-0.25, -0.2) is 18.0 Å². The maximum absolute atomic E-state index is 13.4. The number of hydrogen-bond donors (Lipinski definition) is 1. The van der Waals surface area contributed by atoms with Crippen molar-refractivity contribution in [1.29, 1.82) is 0 Å². The number of aryl methyl sites for hydroxylation is 1. The highest BCUT2D eigenvalue weighted by molar-refractivity contribution is 7.89. The van der Waals surface area contributed by atoms with Crippen LogP contribution >= 0.6 is 0 Å². The summed E-state index contributed by atoms with van der Waals surface area (Å²) in [5.41, 5.74) is -0.494. The van der Waals surface area contributed by atoms with E-state index in [4.69, 9.17) is 4.63 Å².